The number of hydrogen-bond donors (Lipinski definition) is 2. The number of carbonyl (C=O) groups excluding carboxylic acids is 1. The maximum atomic E-state index is 13.0. The number of rotatable bonds is 6. The number of nitrogens with one attached hydrogen (secondary N) is 2. The average molecular weight is 386 g/mol. The van der Waals surface area contributed by atoms with Gasteiger partial charge in [-0.15, -0.1) is 0 Å². The highest BCUT2D eigenvalue weighted by Gasteiger charge is 2.15. The van der Waals surface area contributed by atoms with Crippen LogP contribution in [0.4, 0.5) is 10.1 Å². The van der Waals surface area contributed by atoms with Gasteiger partial charge in [0, 0.05) is 25.1 Å². The molecule has 0 radical (unpaired) electrons. The van der Waals surface area contributed by atoms with Crippen LogP contribution in [0.25, 0.3) is 0 Å². The summed E-state index contributed by atoms with van der Waals surface area (Å²) in [6.45, 7) is 0.276. The molecule has 0 saturated heterocycles. The number of carbonyl (C=O) groups is 1. The van der Waals surface area contributed by atoms with Crippen LogP contribution >= 0.6 is 0 Å². The van der Waals surface area contributed by atoms with Crippen LogP contribution in [-0.2, 0) is 16.6 Å². The van der Waals surface area contributed by atoms with Gasteiger partial charge in [-0.2, -0.15) is 0 Å². The monoisotopic (exact) mass is 386 g/mol. The Bertz CT molecular complexity index is 1040. The van der Waals surface area contributed by atoms with E-state index in [2.05, 4.69) is 20.0 Å². The maximum absolute atomic E-state index is 13.0. The molecule has 0 aliphatic heterocycles. The van der Waals surface area contributed by atoms with Crippen LogP contribution in [0.1, 0.15) is 15.9 Å². The zero-order valence-electron chi connectivity index (χ0n) is 14.0. The molecule has 0 aliphatic rings. The van der Waals surface area contributed by atoms with Gasteiger partial charge in [-0.25, -0.2) is 12.8 Å². The minimum absolute atomic E-state index is 0.102. The second-order valence-electron chi connectivity index (χ2n) is 5.57. The second-order valence-corrected chi connectivity index (χ2v) is 7.25. The number of sulfonamides is 1. The van der Waals surface area contributed by atoms with Crippen molar-refractivity contribution in [3.63, 3.8) is 0 Å². The Labute approximate surface area is 155 Å². The van der Waals surface area contributed by atoms with Crippen molar-refractivity contribution in [3.05, 3.63) is 84.2 Å². The maximum Gasteiger partial charge on any atom is 0.261 e. The summed E-state index contributed by atoms with van der Waals surface area (Å²) in [7, 11) is -3.92. The molecule has 1 amide bonds. The summed E-state index contributed by atoms with van der Waals surface area (Å²) < 4.78 is 40.0. The molecule has 2 heterocycles. The van der Waals surface area contributed by atoms with E-state index in [0.717, 1.165) is 29.8 Å². The summed E-state index contributed by atoms with van der Waals surface area (Å²) >= 11 is 0. The normalized spacial score (nSPS) is 11.0. The topological polar surface area (TPSA) is 101 Å². The van der Waals surface area contributed by atoms with Gasteiger partial charge in [-0.1, -0.05) is 6.07 Å². The van der Waals surface area contributed by atoms with Crippen LogP contribution in [-0.4, -0.2) is 24.3 Å². The Kier molecular flexibility index (Phi) is 5.41. The zero-order chi connectivity index (χ0) is 19.3. The molecule has 3 rings (SSSR count). The van der Waals surface area contributed by atoms with Crippen molar-refractivity contribution in [3.8, 4) is 0 Å². The molecule has 27 heavy (non-hydrogen) atoms. The molecule has 0 fully saturated rings. The van der Waals surface area contributed by atoms with Crippen LogP contribution < -0.4 is 10.0 Å². The fraction of sp³-hybridized carbons (Fsp3) is 0.0556. The summed E-state index contributed by atoms with van der Waals surface area (Å²) in [6, 6.07) is 9.34. The molecule has 0 saturated carbocycles. The lowest BCUT2D eigenvalue weighted by Crippen LogP contribution is -2.23. The number of nitrogens with zero attached hydrogens (tertiary/aromatic N) is 2. The summed E-state index contributed by atoms with van der Waals surface area (Å²) in [4.78, 5) is 20.0. The van der Waals surface area contributed by atoms with Crippen molar-refractivity contribution in [2.75, 3.05) is 4.72 Å². The van der Waals surface area contributed by atoms with Crippen molar-refractivity contribution in [2.45, 2.75) is 11.4 Å². The van der Waals surface area contributed by atoms with Crippen LogP contribution in [0.5, 0.6) is 0 Å². The molecular formula is C18H15FN4O3S. The van der Waals surface area contributed by atoms with Crippen LogP contribution in [0.15, 0.2) is 72.1 Å². The van der Waals surface area contributed by atoms with E-state index in [4.69, 9.17) is 0 Å². The molecule has 0 spiro atoms. The first kappa shape index (κ1) is 18.5. The van der Waals surface area contributed by atoms with E-state index in [1.807, 2.05) is 6.07 Å². The molecule has 138 valence electrons. The Balaban J connectivity index is 1.71. The number of halogens is 1. The van der Waals surface area contributed by atoms with E-state index < -0.39 is 21.7 Å². The predicted molar refractivity (Wildman–Crippen MR) is 96.9 cm³/mol. The largest absolute Gasteiger partial charge is 0.348 e. The van der Waals surface area contributed by atoms with Gasteiger partial charge < -0.3 is 5.32 Å². The number of pyridine rings is 2. The van der Waals surface area contributed by atoms with Gasteiger partial charge in [-0.3, -0.25) is 19.5 Å². The minimum Gasteiger partial charge on any atom is -0.348 e. The fourth-order valence-electron chi connectivity index (χ4n) is 2.23. The number of benzene rings is 1. The lowest BCUT2D eigenvalue weighted by atomic mass is 10.2. The quantitative estimate of drug-likeness (QED) is 0.677. The van der Waals surface area contributed by atoms with E-state index in [1.165, 1.54) is 18.5 Å². The summed E-state index contributed by atoms with van der Waals surface area (Å²) in [6.07, 6.45) is 5.87. The van der Waals surface area contributed by atoms with E-state index in [9.17, 15) is 17.6 Å². The predicted octanol–water partition coefficient (Wildman–Crippen LogP) is 2.35. The lowest BCUT2D eigenvalue weighted by Gasteiger charge is -2.09. The molecule has 0 bridgehead atoms. The molecule has 0 aliphatic carbocycles. The third-order valence-electron chi connectivity index (χ3n) is 3.55. The molecule has 1 aromatic carbocycles. The standard InChI is InChI=1S/C18H15FN4O3S/c19-15-3-5-17(6-4-15)27(25,26)23-16-8-14(11-21-12-16)18(24)22-10-13-2-1-7-20-9-13/h1-9,11-12,23H,10H2,(H,22,24). The van der Waals surface area contributed by atoms with Gasteiger partial charge in [0.05, 0.1) is 22.3 Å². The summed E-state index contributed by atoms with van der Waals surface area (Å²) in [5, 5.41) is 2.71. The van der Waals surface area contributed by atoms with Crippen LogP contribution in [0, 0.1) is 5.82 Å². The third-order valence-corrected chi connectivity index (χ3v) is 4.95. The first-order valence-electron chi connectivity index (χ1n) is 7.84. The van der Waals surface area contributed by atoms with E-state index in [1.54, 1.807) is 18.5 Å². The summed E-state index contributed by atoms with van der Waals surface area (Å²) in [5.74, 6) is -0.947. The van der Waals surface area contributed by atoms with E-state index in [0.29, 0.717) is 0 Å². The van der Waals surface area contributed by atoms with Crippen molar-refractivity contribution in [1.82, 2.24) is 15.3 Å². The molecule has 9 heteroatoms. The molecule has 2 N–H and O–H groups in total. The van der Waals surface area contributed by atoms with E-state index in [-0.39, 0.29) is 22.7 Å². The van der Waals surface area contributed by atoms with Gasteiger partial charge >= 0.3 is 0 Å². The molecule has 3 aromatic rings. The van der Waals surface area contributed by atoms with Gasteiger partial charge in [0.15, 0.2) is 0 Å². The highest BCUT2D eigenvalue weighted by molar-refractivity contribution is 7.92. The Morgan fingerprint density at radius 2 is 1.81 bits per heavy atom. The Hall–Kier alpha value is -3.33. The van der Waals surface area contributed by atoms with Gasteiger partial charge in [-0.05, 0) is 42.0 Å². The smallest absolute Gasteiger partial charge is 0.261 e. The van der Waals surface area contributed by atoms with E-state index >= 15 is 0 Å². The number of aromatic nitrogens is 2. The molecular weight excluding hydrogens is 371 g/mol. The van der Waals surface area contributed by atoms with Crippen molar-refractivity contribution in [2.24, 2.45) is 0 Å². The van der Waals surface area contributed by atoms with Crippen LogP contribution in [0.2, 0.25) is 0 Å². The SMILES string of the molecule is O=C(NCc1cccnc1)c1cncc(NS(=O)(=O)c2ccc(F)cc2)c1. The van der Waals surface area contributed by atoms with Gasteiger partial charge in [0.2, 0.25) is 0 Å². The van der Waals surface area contributed by atoms with Gasteiger partial charge in [0.25, 0.3) is 15.9 Å². The van der Waals surface area contributed by atoms with Crippen molar-refractivity contribution in [1.29, 1.82) is 0 Å². The third kappa shape index (κ3) is 4.85. The second kappa shape index (κ2) is 7.92. The average Bonchev–Trinajstić information content (AvgIpc) is 2.67. The summed E-state index contributed by atoms with van der Waals surface area (Å²) in [5.41, 5.74) is 1.14. The molecule has 0 unspecified atom stereocenters. The number of amides is 1. The minimum atomic E-state index is -3.92. The lowest BCUT2D eigenvalue weighted by molar-refractivity contribution is 0.0950. The zero-order valence-corrected chi connectivity index (χ0v) is 14.8. The highest BCUT2D eigenvalue weighted by atomic mass is 32.2. The molecule has 7 nitrogen and oxygen atoms in total. The molecule has 0 atom stereocenters. The highest BCUT2D eigenvalue weighted by Crippen LogP contribution is 2.16. The Morgan fingerprint density at radius 3 is 2.52 bits per heavy atom. The fourth-order valence-corrected chi connectivity index (χ4v) is 3.27. The van der Waals surface area contributed by atoms with Crippen LogP contribution in [0.3, 0.4) is 0 Å². The van der Waals surface area contributed by atoms with Gasteiger partial charge in [0.1, 0.15) is 5.82 Å². The van der Waals surface area contributed by atoms with Crippen molar-refractivity contribution >= 4 is 21.6 Å². The Morgan fingerprint density at radius 1 is 1.04 bits per heavy atom. The molecule has 2 aromatic heterocycles. The first-order chi connectivity index (χ1) is 12.9. The number of anilines is 1. The number of hydrogen-bond acceptors (Lipinski definition) is 5. The van der Waals surface area contributed by atoms with Crippen molar-refractivity contribution < 1.29 is 17.6 Å². The first-order valence-corrected chi connectivity index (χ1v) is 9.33.